The standard InChI is InChI=1S/C22H47NO4/c1-4-5-6-7-8-9-10-11-12-13-14-23(15-17-26-21-19-24-2)16-18-27-22-20-25-3/h4-22H2,1-3H3. The molecule has 5 heteroatoms. The molecule has 0 aliphatic heterocycles. The van der Waals surface area contributed by atoms with Gasteiger partial charge in [0.05, 0.1) is 39.6 Å². The zero-order valence-corrected chi connectivity index (χ0v) is 18.5. The van der Waals surface area contributed by atoms with Crippen LogP contribution in [-0.2, 0) is 18.9 Å². The van der Waals surface area contributed by atoms with Crippen LogP contribution in [-0.4, -0.2) is 78.4 Å². The molecular weight excluding hydrogens is 342 g/mol. The Bertz CT molecular complexity index is 253. The van der Waals surface area contributed by atoms with Gasteiger partial charge in [-0.05, 0) is 13.0 Å². The molecule has 0 radical (unpaired) electrons. The third-order valence-corrected chi connectivity index (χ3v) is 4.80. The van der Waals surface area contributed by atoms with E-state index in [2.05, 4.69) is 11.8 Å². The van der Waals surface area contributed by atoms with Gasteiger partial charge in [0.2, 0.25) is 0 Å². The minimum atomic E-state index is 0.665. The molecule has 0 unspecified atom stereocenters. The van der Waals surface area contributed by atoms with E-state index < -0.39 is 0 Å². The lowest BCUT2D eigenvalue weighted by atomic mass is 10.1. The van der Waals surface area contributed by atoms with Crippen LogP contribution in [0.4, 0.5) is 0 Å². The lowest BCUT2D eigenvalue weighted by Gasteiger charge is -2.22. The van der Waals surface area contributed by atoms with Crippen molar-refractivity contribution in [3.8, 4) is 0 Å². The summed E-state index contributed by atoms with van der Waals surface area (Å²) in [6.45, 7) is 9.55. The molecule has 0 aromatic heterocycles. The Morgan fingerprint density at radius 1 is 0.481 bits per heavy atom. The zero-order chi connectivity index (χ0) is 19.8. The fourth-order valence-electron chi connectivity index (χ4n) is 3.03. The summed E-state index contributed by atoms with van der Waals surface area (Å²) in [5, 5.41) is 0. The molecule has 0 aromatic carbocycles. The predicted octanol–water partition coefficient (Wildman–Crippen LogP) is 4.54. The van der Waals surface area contributed by atoms with Gasteiger partial charge in [0.1, 0.15) is 0 Å². The Labute approximate surface area is 169 Å². The van der Waals surface area contributed by atoms with Crippen molar-refractivity contribution in [1.82, 2.24) is 4.90 Å². The quantitative estimate of drug-likeness (QED) is 0.240. The van der Waals surface area contributed by atoms with Crippen molar-refractivity contribution < 1.29 is 18.9 Å². The molecule has 0 rings (SSSR count). The normalized spacial score (nSPS) is 11.6. The molecule has 0 saturated heterocycles. The number of nitrogens with zero attached hydrogens (tertiary/aromatic N) is 1. The zero-order valence-electron chi connectivity index (χ0n) is 18.5. The van der Waals surface area contributed by atoms with E-state index in [4.69, 9.17) is 18.9 Å². The molecule has 164 valence electrons. The van der Waals surface area contributed by atoms with E-state index in [0.717, 1.165) is 32.8 Å². The van der Waals surface area contributed by atoms with Crippen molar-refractivity contribution >= 4 is 0 Å². The Kier molecular flexibility index (Phi) is 23.7. The van der Waals surface area contributed by atoms with Crippen LogP contribution >= 0.6 is 0 Å². The van der Waals surface area contributed by atoms with Crippen molar-refractivity contribution in [2.75, 3.05) is 73.5 Å². The largest absolute Gasteiger partial charge is 0.382 e. The van der Waals surface area contributed by atoms with E-state index >= 15 is 0 Å². The van der Waals surface area contributed by atoms with Crippen LogP contribution < -0.4 is 0 Å². The molecule has 0 heterocycles. The van der Waals surface area contributed by atoms with Crippen LogP contribution in [0.2, 0.25) is 0 Å². The Balaban J connectivity index is 3.68. The van der Waals surface area contributed by atoms with Crippen LogP contribution in [0.25, 0.3) is 0 Å². The van der Waals surface area contributed by atoms with Crippen molar-refractivity contribution in [1.29, 1.82) is 0 Å². The van der Waals surface area contributed by atoms with E-state index in [0.29, 0.717) is 26.4 Å². The lowest BCUT2D eigenvalue weighted by Crippen LogP contribution is -2.32. The summed E-state index contributed by atoms with van der Waals surface area (Å²) in [4.78, 5) is 2.46. The second-order valence-corrected chi connectivity index (χ2v) is 7.23. The molecule has 0 spiro atoms. The SMILES string of the molecule is CCCCCCCCCCCCN(CCOCCOC)CCOCCOC. The van der Waals surface area contributed by atoms with Gasteiger partial charge in [0.15, 0.2) is 0 Å². The maximum Gasteiger partial charge on any atom is 0.0700 e. The molecule has 0 amide bonds. The molecule has 0 saturated carbocycles. The van der Waals surface area contributed by atoms with Gasteiger partial charge < -0.3 is 18.9 Å². The van der Waals surface area contributed by atoms with Crippen LogP contribution in [0, 0.1) is 0 Å². The van der Waals surface area contributed by atoms with Gasteiger partial charge in [-0.1, -0.05) is 64.7 Å². The molecule has 0 atom stereocenters. The highest BCUT2D eigenvalue weighted by Gasteiger charge is 2.05. The van der Waals surface area contributed by atoms with Gasteiger partial charge in [-0.3, -0.25) is 4.90 Å². The molecule has 0 fully saturated rings. The lowest BCUT2D eigenvalue weighted by molar-refractivity contribution is 0.0379. The number of hydrogen-bond donors (Lipinski definition) is 0. The van der Waals surface area contributed by atoms with Crippen molar-refractivity contribution in [2.24, 2.45) is 0 Å². The fraction of sp³-hybridized carbons (Fsp3) is 1.00. The number of unbranched alkanes of at least 4 members (excludes halogenated alkanes) is 9. The Hall–Kier alpha value is -0.200. The molecule has 0 bridgehead atoms. The first-order chi connectivity index (χ1) is 13.3. The molecule has 0 aliphatic rings. The van der Waals surface area contributed by atoms with Gasteiger partial charge in [-0.2, -0.15) is 0 Å². The average molecular weight is 390 g/mol. The van der Waals surface area contributed by atoms with Gasteiger partial charge in [0.25, 0.3) is 0 Å². The van der Waals surface area contributed by atoms with E-state index in [-0.39, 0.29) is 0 Å². The van der Waals surface area contributed by atoms with E-state index in [1.54, 1.807) is 14.2 Å². The summed E-state index contributed by atoms with van der Waals surface area (Å²) in [6.07, 6.45) is 13.8. The average Bonchev–Trinajstić information content (AvgIpc) is 2.68. The van der Waals surface area contributed by atoms with Crippen molar-refractivity contribution in [2.45, 2.75) is 71.1 Å². The number of methoxy groups -OCH3 is 2. The molecule has 0 aromatic rings. The first-order valence-corrected chi connectivity index (χ1v) is 11.2. The van der Waals surface area contributed by atoms with Gasteiger partial charge >= 0.3 is 0 Å². The summed E-state index contributed by atoms with van der Waals surface area (Å²) >= 11 is 0. The molecule has 5 nitrogen and oxygen atoms in total. The molecule has 0 aliphatic carbocycles. The summed E-state index contributed by atoms with van der Waals surface area (Å²) in [5.74, 6) is 0. The minimum Gasteiger partial charge on any atom is -0.382 e. The molecule has 0 N–H and O–H groups in total. The number of ether oxygens (including phenoxy) is 4. The maximum absolute atomic E-state index is 5.62. The van der Waals surface area contributed by atoms with Crippen molar-refractivity contribution in [3.63, 3.8) is 0 Å². The molecular formula is C22H47NO4. The fourth-order valence-corrected chi connectivity index (χ4v) is 3.03. The van der Waals surface area contributed by atoms with Gasteiger partial charge in [-0.15, -0.1) is 0 Å². The third kappa shape index (κ3) is 22.0. The number of hydrogen-bond acceptors (Lipinski definition) is 5. The van der Waals surface area contributed by atoms with Crippen molar-refractivity contribution in [3.05, 3.63) is 0 Å². The van der Waals surface area contributed by atoms with E-state index in [9.17, 15) is 0 Å². The van der Waals surface area contributed by atoms with Gasteiger partial charge in [-0.25, -0.2) is 0 Å². The molecule has 27 heavy (non-hydrogen) atoms. The summed E-state index contributed by atoms with van der Waals surface area (Å²) < 4.78 is 21.3. The highest BCUT2D eigenvalue weighted by atomic mass is 16.5. The number of rotatable bonds is 23. The van der Waals surface area contributed by atoms with Crippen LogP contribution in [0.15, 0.2) is 0 Å². The summed E-state index contributed by atoms with van der Waals surface area (Å²) in [6, 6.07) is 0. The maximum atomic E-state index is 5.62. The second-order valence-electron chi connectivity index (χ2n) is 7.23. The summed E-state index contributed by atoms with van der Waals surface area (Å²) in [7, 11) is 3.41. The predicted molar refractivity (Wildman–Crippen MR) is 114 cm³/mol. The third-order valence-electron chi connectivity index (χ3n) is 4.80. The van der Waals surface area contributed by atoms with Crippen LogP contribution in [0.3, 0.4) is 0 Å². The van der Waals surface area contributed by atoms with Gasteiger partial charge in [0, 0.05) is 27.3 Å². The van der Waals surface area contributed by atoms with E-state index in [1.165, 1.54) is 64.2 Å². The monoisotopic (exact) mass is 389 g/mol. The smallest absolute Gasteiger partial charge is 0.0700 e. The topological polar surface area (TPSA) is 40.2 Å². The highest BCUT2D eigenvalue weighted by molar-refractivity contribution is 4.58. The van der Waals surface area contributed by atoms with E-state index in [1.807, 2.05) is 0 Å². The Morgan fingerprint density at radius 3 is 1.37 bits per heavy atom. The first-order valence-electron chi connectivity index (χ1n) is 11.2. The van der Waals surface area contributed by atoms with Crippen LogP contribution in [0.1, 0.15) is 71.1 Å². The highest BCUT2D eigenvalue weighted by Crippen LogP contribution is 2.10. The first kappa shape index (κ1) is 26.8. The van der Waals surface area contributed by atoms with Crippen LogP contribution in [0.5, 0.6) is 0 Å². The Morgan fingerprint density at radius 2 is 0.926 bits per heavy atom. The minimum absolute atomic E-state index is 0.665. The second kappa shape index (κ2) is 23.8. The summed E-state index contributed by atoms with van der Waals surface area (Å²) in [5.41, 5.74) is 0.